The summed E-state index contributed by atoms with van der Waals surface area (Å²) in [4.78, 5) is 32.4. The van der Waals surface area contributed by atoms with Crippen LogP contribution in [0.4, 0.5) is 8.78 Å². The van der Waals surface area contributed by atoms with Crippen molar-refractivity contribution in [2.45, 2.75) is 63.2 Å². The van der Waals surface area contributed by atoms with Crippen LogP contribution in [0.5, 0.6) is 0 Å². The molecule has 0 aromatic heterocycles. The fraction of sp³-hybridized carbons (Fsp3) is 0.600. The van der Waals surface area contributed by atoms with Crippen LogP contribution in [0.1, 0.15) is 38.7 Å². The van der Waals surface area contributed by atoms with Gasteiger partial charge in [-0.05, 0) is 67.5 Å². The minimum atomic E-state index is -2.25. The van der Waals surface area contributed by atoms with E-state index in [4.69, 9.17) is 21.2 Å². The summed E-state index contributed by atoms with van der Waals surface area (Å²) in [5.41, 5.74) is -5.43. The molecule has 1 aromatic rings. The predicted molar refractivity (Wildman–Crippen MR) is 141 cm³/mol. The first-order valence-electron chi connectivity index (χ1n) is 13.8. The van der Waals surface area contributed by atoms with Gasteiger partial charge in [-0.3, -0.25) is 9.63 Å². The fourth-order valence-electron chi connectivity index (χ4n) is 8.80. The van der Waals surface area contributed by atoms with Crippen LogP contribution in [-0.4, -0.2) is 70.3 Å². The lowest BCUT2D eigenvalue weighted by atomic mass is 9.44. The zero-order chi connectivity index (χ0) is 28.7. The molecule has 0 spiro atoms. The number of carbonyl (C=O) groups is 2. The molecule has 5 aliphatic rings. The van der Waals surface area contributed by atoms with E-state index in [0.29, 0.717) is 24.5 Å². The quantitative estimate of drug-likeness (QED) is 0.512. The van der Waals surface area contributed by atoms with E-state index in [-0.39, 0.29) is 31.6 Å². The van der Waals surface area contributed by atoms with Gasteiger partial charge in [-0.1, -0.05) is 36.7 Å². The van der Waals surface area contributed by atoms with Gasteiger partial charge < -0.3 is 14.9 Å². The molecule has 4 aliphatic carbocycles. The summed E-state index contributed by atoms with van der Waals surface area (Å²) in [5.74, 6) is -2.92. The maximum Gasteiger partial charge on any atom is 0.341 e. The lowest BCUT2D eigenvalue weighted by molar-refractivity contribution is -0.277. The minimum absolute atomic E-state index is 0.0575. The SMILES string of the molecule is CC12C=CC(=O)C=C1C(F)CC1C3CC4CN(Cc5ccc(Cl)cc5)OC4(C(=O)OCCO)C3(C)CC(O)C12F. The summed E-state index contributed by atoms with van der Waals surface area (Å²) in [6.07, 6.45) is 0.726. The van der Waals surface area contributed by atoms with E-state index >= 15 is 8.78 Å². The second-order valence-electron chi connectivity index (χ2n) is 12.4. The number of hydrogen-bond donors (Lipinski definition) is 2. The number of benzene rings is 1. The zero-order valence-corrected chi connectivity index (χ0v) is 23.2. The van der Waals surface area contributed by atoms with Gasteiger partial charge in [0, 0.05) is 40.8 Å². The monoisotopic (exact) mass is 577 g/mol. The van der Waals surface area contributed by atoms with Crippen LogP contribution < -0.4 is 0 Å². The molecule has 0 radical (unpaired) electrons. The number of nitrogens with zero attached hydrogens (tertiary/aromatic N) is 1. The van der Waals surface area contributed by atoms with Crippen molar-refractivity contribution in [1.29, 1.82) is 0 Å². The Bertz CT molecular complexity index is 1290. The number of ketones is 1. The van der Waals surface area contributed by atoms with Gasteiger partial charge in [-0.15, -0.1) is 0 Å². The number of fused-ring (bicyclic) bond motifs is 7. The molecule has 0 bridgehead atoms. The molecular weight excluding hydrogens is 544 g/mol. The number of aliphatic hydroxyl groups is 2. The van der Waals surface area contributed by atoms with Crippen molar-refractivity contribution >= 4 is 23.4 Å². The van der Waals surface area contributed by atoms with Crippen LogP contribution in [0.25, 0.3) is 0 Å². The van der Waals surface area contributed by atoms with Crippen LogP contribution in [-0.2, 0) is 25.7 Å². The first-order valence-corrected chi connectivity index (χ1v) is 14.2. The molecule has 9 unspecified atom stereocenters. The molecule has 2 N–H and O–H groups in total. The van der Waals surface area contributed by atoms with Crippen molar-refractivity contribution in [3.63, 3.8) is 0 Å². The first kappa shape index (κ1) is 28.0. The van der Waals surface area contributed by atoms with E-state index in [1.54, 1.807) is 24.1 Å². The summed E-state index contributed by atoms with van der Waals surface area (Å²) < 4.78 is 38.7. The summed E-state index contributed by atoms with van der Waals surface area (Å²) in [5, 5.41) is 23.3. The number of alkyl halides is 2. The third kappa shape index (κ3) is 3.60. The summed E-state index contributed by atoms with van der Waals surface area (Å²) in [7, 11) is 0. The van der Waals surface area contributed by atoms with Gasteiger partial charge in [0.1, 0.15) is 12.8 Å². The number of aliphatic hydroxyl groups excluding tert-OH is 2. The van der Waals surface area contributed by atoms with Gasteiger partial charge in [0.05, 0.1) is 12.7 Å². The smallest absolute Gasteiger partial charge is 0.341 e. The van der Waals surface area contributed by atoms with Gasteiger partial charge in [0.15, 0.2) is 17.1 Å². The average Bonchev–Trinajstić information content (AvgIpc) is 3.39. The summed E-state index contributed by atoms with van der Waals surface area (Å²) >= 11 is 6.03. The van der Waals surface area contributed by atoms with Gasteiger partial charge in [0.2, 0.25) is 0 Å². The number of halogens is 3. The standard InChI is InChI=1S/C30H34ClF2NO6/c1-27-8-7-20(36)12-23(27)24(32)13-22-21-11-18-16-34(15-17-3-5-19(31)6-4-17)40-30(18,26(38)39-10-9-35)28(21,2)14-25(37)29(22,27)33/h3-8,12,18,21-22,24-25,35,37H,9-11,13-16H2,1-2H3. The molecular formula is C30H34ClF2NO6. The van der Waals surface area contributed by atoms with Crippen molar-refractivity contribution in [2.75, 3.05) is 19.8 Å². The second kappa shape index (κ2) is 9.42. The minimum Gasteiger partial charge on any atom is -0.461 e. The van der Waals surface area contributed by atoms with Gasteiger partial charge in [-0.25, -0.2) is 13.6 Å². The molecule has 1 aliphatic heterocycles. The average molecular weight is 578 g/mol. The second-order valence-corrected chi connectivity index (χ2v) is 12.9. The molecule has 9 atom stereocenters. The molecule has 40 heavy (non-hydrogen) atoms. The molecule has 216 valence electrons. The molecule has 0 amide bonds. The Kier molecular flexibility index (Phi) is 6.59. The van der Waals surface area contributed by atoms with Gasteiger partial charge in [-0.2, -0.15) is 5.06 Å². The maximum absolute atomic E-state index is 17.5. The van der Waals surface area contributed by atoms with Crippen LogP contribution in [0.2, 0.25) is 5.02 Å². The third-order valence-electron chi connectivity index (χ3n) is 10.6. The Labute approximate surface area is 236 Å². The molecule has 6 rings (SSSR count). The van der Waals surface area contributed by atoms with E-state index in [2.05, 4.69) is 0 Å². The lowest BCUT2D eigenvalue weighted by Gasteiger charge is -2.63. The molecule has 10 heteroatoms. The van der Waals surface area contributed by atoms with Crippen LogP contribution in [0.15, 0.2) is 48.1 Å². The van der Waals surface area contributed by atoms with E-state index in [1.165, 1.54) is 12.2 Å². The number of ether oxygens (including phenoxy) is 1. The Balaban J connectivity index is 1.39. The number of hydrogen-bond acceptors (Lipinski definition) is 7. The van der Waals surface area contributed by atoms with Crippen molar-refractivity contribution in [3.8, 4) is 0 Å². The highest BCUT2D eigenvalue weighted by Gasteiger charge is 2.80. The third-order valence-corrected chi connectivity index (χ3v) is 10.8. The van der Waals surface area contributed by atoms with E-state index in [0.717, 1.165) is 11.6 Å². The Morgan fingerprint density at radius 1 is 1.23 bits per heavy atom. The van der Waals surface area contributed by atoms with Crippen molar-refractivity contribution in [3.05, 3.63) is 58.7 Å². The zero-order valence-electron chi connectivity index (χ0n) is 22.5. The fourth-order valence-corrected chi connectivity index (χ4v) is 8.92. The van der Waals surface area contributed by atoms with E-state index in [9.17, 15) is 19.8 Å². The van der Waals surface area contributed by atoms with E-state index < -0.39 is 63.9 Å². The van der Waals surface area contributed by atoms with Crippen LogP contribution in [0.3, 0.4) is 0 Å². The van der Waals surface area contributed by atoms with Crippen molar-refractivity contribution in [1.82, 2.24) is 5.06 Å². The Hall–Kier alpha value is -2.17. The predicted octanol–water partition coefficient (Wildman–Crippen LogP) is 3.91. The topological polar surface area (TPSA) is 96.3 Å². The molecule has 7 nitrogen and oxygen atoms in total. The number of esters is 1. The normalized spacial score (nSPS) is 43.9. The molecule has 1 heterocycles. The molecule has 4 fully saturated rings. The molecule has 1 aromatic carbocycles. The van der Waals surface area contributed by atoms with Gasteiger partial charge >= 0.3 is 5.97 Å². The number of allylic oxidation sites excluding steroid dienone is 4. The first-order chi connectivity index (χ1) is 18.9. The summed E-state index contributed by atoms with van der Waals surface area (Å²) in [6.45, 7) is 3.47. The number of hydroxylamine groups is 2. The van der Waals surface area contributed by atoms with E-state index in [1.807, 2.05) is 19.1 Å². The van der Waals surface area contributed by atoms with Crippen LogP contribution in [0, 0.1) is 28.6 Å². The number of rotatable bonds is 5. The van der Waals surface area contributed by atoms with Gasteiger partial charge in [0.25, 0.3) is 0 Å². The summed E-state index contributed by atoms with van der Waals surface area (Å²) in [6, 6.07) is 7.25. The largest absolute Gasteiger partial charge is 0.461 e. The lowest BCUT2D eigenvalue weighted by Crippen LogP contribution is -2.70. The van der Waals surface area contributed by atoms with Crippen molar-refractivity contribution < 1.29 is 38.2 Å². The molecule has 1 saturated heterocycles. The maximum atomic E-state index is 17.5. The highest BCUT2D eigenvalue weighted by atomic mass is 35.5. The van der Waals surface area contributed by atoms with Crippen LogP contribution >= 0.6 is 11.6 Å². The Morgan fingerprint density at radius 2 is 1.95 bits per heavy atom. The van der Waals surface area contributed by atoms with Crippen molar-refractivity contribution in [2.24, 2.45) is 28.6 Å². The highest BCUT2D eigenvalue weighted by Crippen LogP contribution is 2.72. The Morgan fingerprint density at radius 3 is 2.65 bits per heavy atom. The number of carbonyl (C=O) groups excluding carboxylic acids is 2. The molecule has 3 saturated carbocycles. The highest BCUT2D eigenvalue weighted by molar-refractivity contribution is 6.30.